The van der Waals surface area contributed by atoms with E-state index in [-0.39, 0.29) is 24.4 Å². The number of rotatable bonds is 7. The molecular weight excluding hydrogens is 276 g/mol. The topological polar surface area (TPSA) is 123 Å². The fourth-order valence-corrected chi connectivity index (χ4v) is 2.60. The van der Waals surface area contributed by atoms with Crippen molar-refractivity contribution in [3.8, 4) is 0 Å². The van der Waals surface area contributed by atoms with E-state index in [9.17, 15) is 14.9 Å². The molecule has 1 fully saturated rings. The minimum absolute atomic E-state index is 0.0577. The molecule has 1 unspecified atom stereocenters. The molecule has 1 rings (SSSR count). The van der Waals surface area contributed by atoms with E-state index in [0.29, 0.717) is 6.21 Å². The van der Waals surface area contributed by atoms with Gasteiger partial charge < -0.3 is 20.8 Å². The summed E-state index contributed by atoms with van der Waals surface area (Å²) in [5, 5.41) is 18.1. The number of allylic oxidation sites excluding steroid dienone is 1. The Balaban J connectivity index is 3.04. The van der Waals surface area contributed by atoms with Crippen molar-refractivity contribution in [1.82, 2.24) is 4.90 Å². The van der Waals surface area contributed by atoms with Crippen LogP contribution in [0.4, 0.5) is 0 Å². The van der Waals surface area contributed by atoms with Gasteiger partial charge in [0.05, 0.1) is 24.2 Å². The van der Waals surface area contributed by atoms with Gasteiger partial charge in [0.2, 0.25) is 0 Å². The minimum atomic E-state index is -0.674. The Hall–Kier alpha value is -2.12. The third kappa shape index (κ3) is 4.17. The average Bonchev–Trinajstić information content (AvgIpc) is 2.97. The van der Waals surface area contributed by atoms with Gasteiger partial charge in [0.25, 0.3) is 0 Å². The van der Waals surface area contributed by atoms with Gasteiger partial charge in [-0.2, -0.15) is 0 Å². The molecule has 118 valence electrons. The van der Waals surface area contributed by atoms with Crippen molar-refractivity contribution in [3.63, 3.8) is 0 Å². The molecule has 0 aromatic heterocycles. The van der Waals surface area contributed by atoms with Crippen LogP contribution in [0.1, 0.15) is 32.6 Å². The van der Waals surface area contributed by atoms with Gasteiger partial charge in [-0.15, -0.1) is 0 Å². The molecule has 1 atom stereocenters. The molecule has 0 aliphatic heterocycles. The smallest absolute Gasteiger partial charge is 0.326 e. The average molecular weight is 298 g/mol. The zero-order chi connectivity index (χ0) is 16.0. The maximum Gasteiger partial charge on any atom is 0.326 e. The van der Waals surface area contributed by atoms with Gasteiger partial charge in [-0.05, 0) is 12.8 Å². The molecule has 0 saturated heterocycles. The van der Waals surface area contributed by atoms with Gasteiger partial charge in [0.1, 0.15) is 0 Å². The van der Waals surface area contributed by atoms with E-state index in [4.69, 9.17) is 11.1 Å². The third-order valence-electron chi connectivity index (χ3n) is 3.74. The summed E-state index contributed by atoms with van der Waals surface area (Å²) in [6.45, 7) is 1.94. The molecule has 0 heterocycles. The first-order valence-electron chi connectivity index (χ1n) is 6.91. The number of ether oxygens (including phenoxy) is 1. The van der Waals surface area contributed by atoms with Crippen LogP contribution in [0.2, 0.25) is 0 Å². The van der Waals surface area contributed by atoms with Gasteiger partial charge in [-0.25, -0.2) is 0 Å². The highest BCUT2D eigenvalue weighted by atomic mass is 16.6. The molecular formula is C13H22N4O4. The summed E-state index contributed by atoms with van der Waals surface area (Å²) in [6.07, 6.45) is 4.44. The first-order valence-corrected chi connectivity index (χ1v) is 6.91. The lowest BCUT2D eigenvalue weighted by Gasteiger charge is -2.32. The van der Waals surface area contributed by atoms with Crippen LogP contribution in [-0.4, -0.2) is 41.7 Å². The monoisotopic (exact) mass is 298 g/mol. The number of carbonyl (C=O) groups is 1. The number of nitrogens with zero attached hydrogens (tertiary/aromatic N) is 2. The molecule has 8 heteroatoms. The van der Waals surface area contributed by atoms with E-state index >= 15 is 0 Å². The summed E-state index contributed by atoms with van der Waals surface area (Å²) in [7, 11) is 1.30. The Morgan fingerprint density at radius 3 is 2.57 bits per heavy atom. The molecule has 0 spiro atoms. The maximum absolute atomic E-state index is 11.6. The van der Waals surface area contributed by atoms with Crippen LogP contribution in [0.15, 0.2) is 11.5 Å². The molecule has 3 N–H and O–H groups in total. The van der Waals surface area contributed by atoms with Crippen LogP contribution in [0, 0.1) is 21.4 Å². The first kappa shape index (κ1) is 16.9. The number of nitrogens with two attached hydrogens (primary N) is 1. The zero-order valence-electron chi connectivity index (χ0n) is 12.4. The van der Waals surface area contributed by atoms with Gasteiger partial charge in [-0.3, -0.25) is 14.9 Å². The van der Waals surface area contributed by atoms with Gasteiger partial charge >= 0.3 is 11.7 Å². The highest BCUT2D eigenvalue weighted by molar-refractivity contribution is 5.73. The molecule has 0 amide bonds. The van der Waals surface area contributed by atoms with E-state index in [1.165, 1.54) is 7.11 Å². The molecule has 8 nitrogen and oxygen atoms in total. The van der Waals surface area contributed by atoms with E-state index in [1.54, 1.807) is 11.8 Å². The summed E-state index contributed by atoms with van der Waals surface area (Å²) in [6, 6.07) is 0.0620. The number of carbonyl (C=O) groups excluding carboxylic acids is 1. The Morgan fingerprint density at radius 2 is 2.14 bits per heavy atom. The molecule has 0 aromatic carbocycles. The molecule has 0 bridgehead atoms. The minimum Gasteiger partial charge on any atom is -0.469 e. The Labute approximate surface area is 123 Å². The second-order valence-corrected chi connectivity index (χ2v) is 5.19. The van der Waals surface area contributed by atoms with Crippen molar-refractivity contribution in [3.05, 3.63) is 21.6 Å². The molecule has 0 radical (unpaired) electrons. The number of hydrogen-bond donors (Lipinski definition) is 2. The van der Waals surface area contributed by atoms with Crippen LogP contribution < -0.4 is 5.73 Å². The van der Waals surface area contributed by atoms with Crippen LogP contribution in [0.5, 0.6) is 0 Å². The zero-order valence-corrected chi connectivity index (χ0v) is 12.4. The van der Waals surface area contributed by atoms with Crippen molar-refractivity contribution in [2.24, 2.45) is 11.7 Å². The lowest BCUT2D eigenvalue weighted by atomic mass is 10.1. The van der Waals surface area contributed by atoms with E-state index < -0.39 is 16.5 Å². The number of esters is 1. The van der Waals surface area contributed by atoms with Crippen LogP contribution >= 0.6 is 0 Å². The highest BCUT2D eigenvalue weighted by Gasteiger charge is 2.30. The fraction of sp³-hybridized carbons (Fsp3) is 0.692. The van der Waals surface area contributed by atoms with Crippen LogP contribution in [-0.2, 0) is 9.53 Å². The lowest BCUT2D eigenvalue weighted by molar-refractivity contribution is -0.416. The quantitative estimate of drug-likeness (QED) is 0.314. The van der Waals surface area contributed by atoms with E-state index in [1.807, 2.05) is 0 Å². The fourth-order valence-electron chi connectivity index (χ4n) is 2.60. The number of nitrogens with one attached hydrogen (secondary N) is 1. The summed E-state index contributed by atoms with van der Waals surface area (Å²) in [5.41, 5.74) is 5.46. The normalized spacial score (nSPS) is 17.8. The Kier molecular flexibility index (Phi) is 6.13. The van der Waals surface area contributed by atoms with Gasteiger partial charge in [0.15, 0.2) is 5.82 Å². The summed E-state index contributed by atoms with van der Waals surface area (Å²) < 4.78 is 4.69. The molecule has 1 aliphatic rings. The number of hydrogen-bond acceptors (Lipinski definition) is 7. The van der Waals surface area contributed by atoms with Gasteiger partial charge in [0, 0.05) is 12.6 Å². The van der Waals surface area contributed by atoms with Crippen molar-refractivity contribution < 1.29 is 14.5 Å². The third-order valence-corrected chi connectivity index (χ3v) is 3.74. The van der Waals surface area contributed by atoms with Crippen molar-refractivity contribution >= 4 is 12.2 Å². The SMILES string of the molecule is COC(=O)C(C)CN(/C(N)=C(/C=N)[N+](=O)[O-])C1CCCC1. The van der Waals surface area contributed by atoms with Gasteiger partial charge in [-0.1, -0.05) is 19.8 Å². The standard InChI is InChI=1S/C13H22N4O4/c1-9(13(18)21-2)8-16(10-5-3-4-6-10)12(15)11(7-14)17(19)20/h7,9-10,14H,3-6,8,15H2,1-2H3/b12-11-,14-7?. The van der Waals surface area contributed by atoms with E-state index in [0.717, 1.165) is 25.7 Å². The Morgan fingerprint density at radius 1 is 1.57 bits per heavy atom. The molecule has 21 heavy (non-hydrogen) atoms. The lowest BCUT2D eigenvalue weighted by Crippen LogP contribution is -2.42. The number of nitro groups is 1. The Bertz CT molecular complexity index is 443. The first-order chi connectivity index (χ1) is 9.92. The van der Waals surface area contributed by atoms with E-state index in [2.05, 4.69) is 4.74 Å². The summed E-state index contributed by atoms with van der Waals surface area (Å²) >= 11 is 0. The van der Waals surface area contributed by atoms with Crippen LogP contribution in [0.25, 0.3) is 0 Å². The maximum atomic E-state index is 11.6. The predicted molar refractivity (Wildman–Crippen MR) is 77.1 cm³/mol. The second kappa shape index (κ2) is 7.61. The molecule has 1 saturated carbocycles. The van der Waals surface area contributed by atoms with Crippen LogP contribution in [0.3, 0.4) is 0 Å². The van der Waals surface area contributed by atoms with Crippen molar-refractivity contribution in [2.45, 2.75) is 38.6 Å². The molecule has 0 aromatic rings. The number of methoxy groups -OCH3 is 1. The largest absolute Gasteiger partial charge is 0.469 e. The second-order valence-electron chi connectivity index (χ2n) is 5.19. The van der Waals surface area contributed by atoms with Crippen molar-refractivity contribution in [1.29, 1.82) is 5.41 Å². The summed E-state index contributed by atoms with van der Waals surface area (Å²) in [5.74, 6) is -0.895. The highest BCUT2D eigenvalue weighted by Crippen LogP contribution is 2.27. The molecule has 1 aliphatic carbocycles. The summed E-state index contributed by atoms with van der Waals surface area (Å²) in [4.78, 5) is 23.5. The van der Waals surface area contributed by atoms with Crippen molar-refractivity contribution in [2.75, 3.05) is 13.7 Å². The predicted octanol–water partition coefficient (Wildman–Crippen LogP) is 1.09.